The first-order valence-corrected chi connectivity index (χ1v) is 7.02. The van der Waals surface area contributed by atoms with Gasteiger partial charge < -0.3 is 14.8 Å². The van der Waals surface area contributed by atoms with Crippen LogP contribution in [0.2, 0.25) is 0 Å². The minimum absolute atomic E-state index is 0.158. The molecule has 0 aliphatic carbocycles. The van der Waals surface area contributed by atoms with E-state index in [0.717, 1.165) is 6.42 Å². The Morgan fingerprint density at radius 3 is 2.81 bits per heavy atom. The molecule has 0 radical (unpaired) electrons. The maximum atomic E-state index is 12.2. The highest BCUT2D eigenvalue weighted by Gasteiger charge is 2.35. The lowest BCUT2D eigenvalue weighted by Gasteiger charge is -2.23. The topological polar surface area (TPSA) is 67.9 Å². The molecule has 0 unspecified atom stereocenters. The van der Waals surface area contributed by atoms with E-state index in [4.69, 9.17) is 9.47 Å². The summed E-state index contributed by atoms with van der Waals surface area (Å²) < 4.78 is 10.2. The lowest BCUT2D eigenvalue weighted by Crippen LogP contribution is -2.47. The SMILES string of the molecule is COCCNC(=O)[C@@H]1CCCN1C(=O)Oc1ccccc1. The summed E-state index contributed by atoms with van der Waals surface area (Å²) in [5, 5.41) is 2.76. The molecule has 1 aliphatic heterocycles. The van der Waals surface area contributed by atoms with Crippen molar-refractivity contribution in [2.45, 2.75) is 18.9 Å². The van der Waals surface area contributed by atoms with Crippen molar-refractivity contribution in [2.75, 3.05) is 26.8 Å². The van der Waals surface area contributed by atoms with E-state index in [2.05, 4.69) is 5.32 Å². The first-order valence-electron chi connectivity index (χ1n) is 7.02. The van der Waals surface area contributed by atoms with Crippen molar-refractivity contribution >= 4 is 12.0 Å². The Labute approximate surface area is 124 Å². The molecule has 0 saturated carbocycles. The zero-order chi connectivity index (χ0) is 15.1. The number of methoxy groups -OCH3 is 1. The van der Waals surface area contributed by atoms with Crippen LogP contribution in [0.1, 0.15) is 12.8 Å². The Balaban J connectivity index is 1.91. The number of amides is 2. The monoisotopic (exact) mass is 292 g/mol. The molecule has 6 heteroatoms. The zero-order valence-corrected chi connectivity index (χ0v) is 12.1. The second-order valence-electron chi connectivity index (χ2n) is 4.82. The predicted octanol–water partition coefficient (Wildman–Crippen LogP) is 1.41. The summed E-state index contributed by atoms with van der Waals surface area (Å²) >= 11 is 0. The standard InChI is InChI=1S/C15H20N2O4/c1-20-11-9-16-14(18)13-8-5-10-17(13)15(19)21-12-6-3-2-4-7-12/h2-4,6-7,13H,5,8-11H2,1H3,(H,16,18)/t13-/m0/s1. The van der Waals surface area contributed by atoms with Gasteiger partial charge in [0.05, 0.1) is 6.61 Å². The van der Waals surface area contributed by atoms with Gasteiger partial charge in [-0.15, -0.1) is 0 Å². The van der Waals surface area contributed by atoms with Crippen LogP contribution in [0.15, 0.2) is 30.3 Å². The molecule has 0 spiro atoms. The van der Waals surface area contributed by atoms with Crippen LogP contribution in [0.3, 0.4) is 0 Å². The smallest absolute Gasteiger partial charge is 0.410 e. The number of hydrogen-bond acceptors (Lipinski definition) is 4. The van der Waals surface area contributed by atoms with E-state index in [1.165, 1.54) is 4.90 Å². The van der Waals surface area contributed by atoms with Crippen LogP contribution in [0.4, 0.5) is 4.79 Å². The molecule has 1 N–H and O–H groups in total. The summed E-state index contributed by atoms with van der Waals surface area (Å²) in [5.74, 6) is 0.322. The van der Waals surface area contributed by atoms with Crippen molar-refractivity contribution in [1.29, 1.82) is 0 Å². The fourth-order valence-electron chi connectivity index (χ4n) is 2.30. The van der Waals surface area contributed by atoms with Gasteiger partial charge in [0, 0.05) is 20.2 Å². The van der Waals surface area contributed by atoms with Gasteiger partial charge in [0.25, 0.3) is 0 Å². The number of nitrogens with one attached hydrogen (secondary N) is 1. The number of para-hydroxylation sites is 1. The van der Waals surface area contributed by atoms with Crippen LogP contribution in [0, 0.1) is 0 Å². The molecule has 1 atom stereocenters. The van der Waals surface area contributed by atoms with Gasteiger partial charge in [0.2, 0.25) is 5.91 Å². The largest absolute Gasteiger partial charge is 0.415 e. The van der Waals surface area contributed by atoms with Gasteiger partial charge in [-0.25, -0.2) is 4.79 Å². The third-order valence-corrected chi connectivity index (χ3v) is 3.34. The van der Waals surface area contributed by atoms with Crippen LogP contribution in [-0.4, -0.2) is 49.7 Å². The van der Waals surface area contributed by atoms with Gasteiger partial charge in [0.1, 0.15) is 11.8 Å². The van der Waals surface area contributed by atoms with Crippen LogP contribution in [-0.2, 0) is 9.53 Å². The highest BCUT2D eigenvalue weighted by atomic mass is 16.6. The van der Waals surface area contributed by atoms with Gasteiger partial charge in [-0.3, -0.25) is 9.69 Å². The lowest BCUT2D eigenvalue weighted by atomic mass is 10.2. The highest BCUT2D eigenvalue weighted by molar-refractivity contribution is 5.86. The zero-order valence-electron chi connectivity index (χ0n) is 12.1. The summed E-state index contributed by atoms with van der Waals surface area (Å²) in [6, 6.07) is 8.39. The van der Waals surface area contributed by atoms with E-state index in [1.807, 2.05) is 6.07 Å². The van der Waals surface area contributed by atoms with Crippen LogP contribution in [0.25, 0.3) is 0 Å². The fourth-order valence-corrected chi connectivity index (χ4v) is 2.30. The molecule has 1 fully saturated rings. The molecule has 1 heterocycles. The third kappa shape index (κ3) is 4.19. The molecule has 114 valence electrons. The summed E-state index contributed by atoms with van der Waals surface area (Å²) in [5.41, 5.74) is 0. The molecular weight excluding hydrogens is 272 g/mol. The van der Waals surface area contributed by atoms with E-state index in [-0.39, 0.29) is 5.91 Å². The van der Waals surface area contributed by atoms with E-state index < -0.39 is 12.1 Å². The molecule has 1 aromatic carbocycles. The fraction of sp³-hybridized carbons (Fsp3) is 0.467. The van der Waals surface area contributed by atoms with E-state index in [1.54, 1.807) is 31.4 Å². The highest BCUT2D eigenvalue weighted by Crippen LogP contribution is 2.20. The van der Waals surface area contributed by atoms with Gasteiger partial charge in [0.15, 0.2) is 0 Å². The van der Waals surface area contributed by atoms with E-state index in [9.17, 15) is 9.59 Å². The van der Waals surface area contributed by atoms with Crippen molar-refractivity contribution < 1.29 is 19.1 Å². The van der Waals surface area contributed by atoms with Gasteiger partial charge >= 0.3 is 6.09 Å². The Morgan fingerprint density at radius 2 is 2.10 bits per heavy atom. The number of hydrogen-bond donors (Lipinski definition) is 1. The first kappa shape index (κ1) is 15.3. The quantitative estimate of drug-likeness (QED) is 0.833. The summed E-state index contributed by atoms with van der Waals surface area (Å²) in [4.78, 5) is 25.7. The van der Waals surface area contributed by atoms with Crippen molar-refractivity contribution in [3.05, 3.63) is 30.3 Å². The van der Waals surface area contributed by atoms with Crippen LogP contribution in [0.5, 0.6) is 5.75 Å². The maximum Gasteiger partial charge on any atom is 0.415 e. The Bertz CT molecular complexity index is 478. The Morgan fingerprint density at radius 1 is 1.33 bits per heavy atom. The number of likely N-dealkylation sites (tertiary alicyclic amines) is 1. The van der Waals surface area contributed by atoms with Gasteiger partial charge in [-0.1, -0.05) is 18.2 Å². The molecule has 2 amide bonds. The third-order valence-electron chi connectivity index (χ3n) is 3.34. The molecule has 21 heavy (non-hydrogen) atoms. The predicted molar refractivity (Wildman–Crippen MR) is 77.1 cm³/mol. The molecule has 1 aromatic rings. The molecule has 0 bridgehead atoms. The number of ether oxygens (including phenoxy) is 2. The molecule has 6 nitrogen and oxygen atoms in total. The minimum atomic E-state index is -0.481. The average molecular weight is 292 g/mol. The number of carbonyl (C=O) groups is 2. The second kappa shape index (κ2) is 7.64. The number of rotatable bonds is 5. The number of carbonyl (C=O) groups excluding carboxylic acids is 2. The summed E-state index contributed by atoms with van der Waals surface area (Å²) in [6.07, 6.45) is 0.972. The second-order valence-corrected chi connectivity index (χ2v) is 4.82. The summed E-state index contributed by atoms with van der Waals surface area (Å²) in [6.45, 7) is 1.42. The number of benzene rings is 1. The normalized spacial score (nSPS) is 17.6. The molecule has 2 rings (SSSR count). The minimum Gasteiger partial charge on any atom is -0.410 e. The van der Waals surface area contributed by atoms with Crippen LogP contribution < -0.4 is 10.1 Å². The van der Waals surface area contributed by atoms with Gasteiger partial charge in [-0.2, -0.15) is 0 Å². The maximum absolute atomic E-state index is 12.2. The van der Waals surface area contributed by atoms with Crippen molar-refractivity contribution in [1.82, 2.24) is 10.2 Å². The molecule has 1 aliphatic rings. The lowest BCUT2D eigenvalue weighted by molar-refractivity contribution is -0.125. The Kier molecular flexibility index (Phi) is 5.57. The van der Waals surface area contributed by atoms with Crippen molar-refractivity contribution in [3.8, 4) is 5.75 Å². The first-order chi connectivity index (χ1) is 10.2. The van der Waals surface area contributed by atoms with Crippen molar-refractivity contribution in [3.63, 3.8) is 0 Å². The molecule has 1 saturated heterocycles. The van der Waals surface area contributed by atoms with Crippen LogP contribution >= 0.6 is 0 Å². The molecular formula is C15H20N2O4. The van der Waals surface area contributed by atoms with E-state index >= 15 is 0 Å². The van der Waals surface area contributed by atoms with Crippen molar-refractivity contribution in [2.24, 2.45) is 0 Å². The number of nitrogens with zero attached hydrogens (tertiary/aromatic N) is 1. The summed E-state index contributed by atoms with van der Waals surface area (Å²) in [7, 11) is 1.57. The molecule has 0 aromatic heterocycles. The van der Waals surface area contributed by atoms with E-state index in [0.29, 0.717) is 31.9 Å². The Hall–Kier alpha value is -2.08. The van der Waals surface area contributed by atoms with Gasteiger partial charge in [-0.05, 0) is 25.0 Å². The average Bonchev–Trinajstić information content (AvgIpc) is 2.98.